The average Bonchev–Trinajstić information content (AvgIpc) is 2.24. The van der Waals surface area contributed by atoms with Crippen LogP contribution < -0.4 is 0 Å². The zero-order chi connectivity index (χ0) is 14.1. The van der Waals surface area contributed by atoms with Crippen LogP contribution in [0.4, 0.5) is 0 Å². The molecule has 0 N–H and O–H groups in total. The number of hydrogen-bond donors (Lipinski definition) is 0. The molecular formula is C10H4Cl6O2. The Morgan fingerprint density at radius 3 is 1.17 bits per heavy atom. The zero-order valence-corrected chi connectivity index (χ0v) is 12.9. The van der Waals surface area contributed by atoms with Crippen LogP contribution in [0.5, 0.6) is 0 Å². The second-order valence-electron chi connectivity index (χ2n) is 3.26. The first-order chi connectivity index (χ1) is 8.11. The maximum absolute atomic E-state index is 11.0. The van der Waals surface area contributed by atoms with Crippen molar-refractivity contribution in [3.05, 3.63) is 34.4 Å². The third kappa shape index (κ3) is 3.66. The van der Waals surface area contributed by atoms with Gasteiger partial charge in [0.05, 0.1) is 0 Å². The van der Waals surface area contributed by atoms with E-state index < -0.39 is 7.59 Å². The lowest BCUT2D eigenvalue weighted by molar-refractivity contribution is 0.111. The summed E-state index contributed by atoms with van der Waals surface area (Å²) < 4.78 is -3.72. The molecule has 1 rings (SSSR count). The molecule has 98 valence electrons. The quantitative estimate of drug-likeness (QED) is 0.546. The van der Waals surface area contributed by atoms with Crippen molar-refractivity contribution in [2.24, 2.45) is 0 Å². The molecule has 0 atom stereocenters. The molecule has 2 nitrogen and oxygen atoms in total. The molecule has 0 aliphatic rings. The minimum atomic E-state index is -1.86. The van der Waals surface area contributed by atoms with E-state index >= 15 is 0 Å². The van der Waals surface area contributed by atoms with Gasteiger partial charge >= 0.3 is 0 Å². The van der Waals surface area contributed by atoms with Crippen molar-refractivity contribution in [3.8, 4) is 0 Å². The van der Waals surface area contributed by atoms with Crippen LogP contribution in [0.1, 0.15) is 31.8 Å². The topological polar surface area (TPSA) is 34.1 Å². The van der Waals surface area contributed by atoms with Crippen molar-refractivity contribution >= 4 is 82.2 Å². The fraction of sp³-hybridized carbons (Fsp3) is 0.200. The zero-order valence-electron chi connectivity index (χ0n) is 8.39. The van der Waals surface area contributed by atoms with Gasteiger partial charge in [-0.3, -0.25) is 9.59 Å². The van der Waals surface area contributed by atoms with Crippen LogP contribution in [-0.4, -0.2) is 12.6 Å². The number of aldehydes is 2. The van der Waals surface area contributed by atoms with E-state index in [4.69, 9.17) is 69.6 Å². The van der Waals surface area contributed by atoms with E-state index in [2.05, 4.69) is 0 Å². The van der Waals surface area contributed by atoms with Crippen LogP contribution in [0.3, 0.4) is 0 Å². The monoisotopic (exact) mass is 366 g/mol. The average molecular weight is 369 g/mol. The molecular weight excluding hydrogens is 365 g/mol. The van der Waals surface area contributed by atoms with Crippen LogP contribution in [0.25, 0.3) is 0 Å². The fourth-order valence-electron chi connectivity index (χ4n) is 1.32. The van der Waals surface area contributed by atoms with E-state index in [1.807, 2.05) is 0 Å². The van der Waals surface area contributed by atoms with E-state index in [1.54, 1.807) is 0 Å². The van der Waals surface area contributed by atoms with Gasteiger partial charge < -0.3 is 0 Å². The summed E-state index contributed by atoms with van der Waals surface area (Å²) in [5, 5.41) is 0. The third-order valence-corrected chi connectivity index (χ3v) is 3.31. The first-order valence-electron chi connectivity index (χ1n) is 4.34. The second-order valence-corrected chi connectivity index (χ2v) is 7.82. The Balaban J connectivity index is 3.63. The molecule has 0 fully saturated rings. The van der Waals surface area contributed by atoms with E-state index in [1.165, 1.54) is 12.1 Å². The van der Waals surface area contributed by atoms with Gasteiger partial charge in [-0.05, 0) is 12.1 Å². The van der Waals surface area contributed by atoms with Gasteiger partial charge in [-0.2, -0.15) is 0 Å². The lowest BCUT2D eigenvalue weighted by Crippen LogP contribution is -2.12. The molecule has 0 bridgehead atoms. The van der Waals surface area contributed by atoms with Crippen LogP contribution in [-0.2, 0) is 7.59 Å². The fourth-order valence-corrected chi connectivity index (χ4v) is 2.30. The molecule has 0 aromatic heterocycles. The summed E-state index contributed by atoms with van der Waals surface area (Å²) >= 11 is 34.2. The smallest absolute Gasteiger partial charge is 0.216 e. The molecule has 0 heterocycles. The van der Waals surface area contributed by atoms with Crippen molar-refractivity contribution in [1.29, 1.82) is 0 Å². The van der Waals surface area contributed by atoms with E-state index in [-0.39, 0.29) is 22.3 Å². The highest BCUT2D eigenvalue weighted by Crippen LogP contribution is 2.44. The van der Waals surface area contributed by atoms with Gasteiger partial charge in [-0.1, -0.05) is 69.6 Å². The second kappa shape index (κ2) is 5.74. The third-order valence-electron chi connectivity index (χ3n) is 2.09. The molecule has 1 aromatic carbocycles. The minimum absolute atomic E-state index is 0.0296. The number of carbonyl (C=O) groups excluding carboxylic acids is 2. The van der Waals surface area contributed by atoms with E-state index in [9.17, 15) is 9.59 Å². The molecule has 0 saturated heterocycles. The summed E-state index contributed by atoms with van der Waals surface area (Å²) in [6.45, 7) is 0. The number of hydrogen-bond acceptors (Lipinski definition) is 2. The van der Waals surface area contributed by atoms with Gasteiger partial charge in [0, 0.05) is 22.3 Å². The molecule has 0 spiro atoms. The number of benzene rings is 1. The SMILES string of the molecule is O=Cc1cc(C(Cl)(Cl)Cl)c(C=O)cc1C(Cl)(Cl)Cl. The van der Waals surface area contributed by atoms with Gasteiger partial charge in [0.1, 0.15) is 12.6 Å². The predicted octanol–water partition coefficient (Wildman–Crippen LogP) is 4.97. The minimum Gasteiger partial charge on any atom is -0.298 e. The lowest BCUT2D eigenvalue weighted by atomic mass is 10.0. The number of rotatable bonds is 2. The lowest BCUT2D eigenvalue weighted by Gasteiger charge is -2.19. The maximum Gasteiger partial charge on any atom is 0.216 e. The number of carbonyl (C=O) groups is 2. The molecule has 0 radical (unpaired) electrons. The van der Waals surface area contributed by atoms with E-state index in [0.29, 0.717) is 12.6 Å². The van der Waals surface area contributed by atoms with Gasteiger partial charge in [0.2, 0.25) is 7.59 Å². The number of halogens is 6. The van der Waals surface area contributed by atoms with Crippen molar-refractivity contribution < 1.29 is 9.59 Å². The van der Waals surface area contributed by atoms with Gasteiger partial charge in [-0.15, -0.1) is 0 Å². The Morgan fingerprint density at radius 2 is 1.00 bits per heavy atom. The molecule has 8 heteroatoms. The molecule has 0 amide bonds. The van der Waals surface area contributed by atoms with Crippen molar-refractivity contribution in [2.45, 2.75) is 7.59 Å². The molecule has 1 aromatic rings. The molecule has 0 aliphatic heterocycles. The summed E-state index contributed by atoms with van der Waals surface area (Å²) in [4.78, 5) is 21.9. The predicted molar refractivity (Wildman–Crippen MR) is 75.7 cm³/mol. The maximum atomic E-state index is 11.0. The normalized spacial score (nSPS) is 12.3. The molecule has 0 aliphatic carbocycles. The summed E-state index contributed by atoms with van der Waals surface area (Å²) in [6, 6.07) is 2.42. The van der Waals surface area contributed by atoms with Crippen molar-refractivity contribution in [3.63, 3.8) is 0 Å². The Labute approximate surface area is 133 Å². The summed E-state index contributed by atoms with van der Waals surface area (Å²) in [5.41, 5.74) is 0.147. The highest BCUT2D eigenvalue weighted by atomic mass is 35.6. The first-order valence-corrected chi connectivity index (χ1v) is 6.61. The molecule has 0 unspecified atom stereocenters. The van der Waals surface area contributed by atoms with Crippen LogP contribution in [0.15, 0.2) is 12.1 Å². The Bertz CT molecular complexity index is 441. The number of alkyl halides is 6. The van der Waals surface area contributed by atoms with Gasteiger partial charge in [0.15, 0.2) is 0 Å². The van der Waals surface area contributed by atoms with E-state index in [0.717, 1.165) is 0 Å². The summed E-state index contributed by atoms with van der Waals surface area (Å²) in [5.74, 6) is 0. The highest BCUT2D eigenvalue weighted by molar-refractivity contribution is 6.67. The summed E-state index contributed by atoms with van der Waals surface area (Å²) in [7, 11) is 0. The van der Waals surface area contributed by atoms with Crippen LogP contribution in [0.2, 0.25) is 0 Å². The van der Waals surface area contributed by atoms with Crippen LogP contribution in [0, 0.1) is 0 Å². The molecule has 0 saturated carbocycles. The first kappa shape index (κ1) is 16.4. The van der Waals surface area contributed by atoms with Gasteiger partial charge in [-0.25, -0.2) is 0 Å². The van der Waals surface area contributed by atoms with Crippen molar-refractivity contribution in [2.75, 3.05) is 0 Å². The Hall–Kier alpha value is 0.300. The largest absolute Gasteiger partial charge is 0.298 e. The van der Waals surface area contributed by atoms with Gasteiger partial charge in [0.25, 0.3) is 0 Å². The Morgan fingerprint density at radius 1 is 0.722 bits per heavy atom. The van der Waals surface area contributed by atoms with Crippen LogP contribution >= 0.6 is 69.6 Å². The van der Waals surface area contributed by atoms with Crippen molar-refractivity contribution in [1.82, 2.24) is 0 Å². The highest BCUT2D eigenvalue weighted by Gasteiger charge is 2.32. The molecule has 18 heavy (non-hydrogen) atoms. The summed E-state index contributed by atoms with van der Waals surface area (Å²) in [6.07, 6.45) is 0.900. The Kier molecular flexibility index (Phi) is 5.21. The standard InChI is InChI=1S/C10H4Cl6O2/c11-9(12,13)7-1-5(3-17)8(10(14,15)16)2-6(7)4-18/h1-4H.